The first-order valence-corrected chi connectivity index (χ1v) is 5.38. The molecule has 0 unspecified atom stereocenters. The predicted octanol–water partition coefficient (Wildman–Crippen LogP) is -1.11. The number of amides is 2. The van der Waals surface area contributed by atoms with Crippen molar-refractivity contribution in [3.05, 3.63) is 0 Å². The average molecular weight is 232 g/mol. The van der Waals surface area contributed by atoms with Crippen molar-refractivity contribution < 1.29 is 19.5 Å². The Morgan fingerprint density at radius 2 is 2.33 bits per heavy atom. The van der Waals surface area contributed by atoms with E-state index in [-0.39, 0.29) is 24.0 Å². The maximum absolute atomic E-state index is 11.4. The number of hydrogen-bond acceptors (Lipinski definition) is 5. The van der Waals surface area contributed by atoms with Crippen LogP contribution >= 0.6 is 11.8 Å². The van der Waals surface area contributed by atoms with Gasteiger partial charge in [-0.25, -0.2) is 0 Å². The van der Waals surface area contributed by atoms with Crippen molar-refractivity contribution in [1.29, 1.82) is 0 Å². The molecule has 84 valence electrons. The molecule has 1 aliphatic rings. The lowest BCUT2D eigenvalue weighted by Gasteiger charge is -2.10. The highest BCUT2D eigenvalue weighted by Gasteiger charge is 2.36. The largest absolute Gasteiger partial charge is 0.480 e. The molecule has 3 N–H and O–H groups in total. The predicted molar refractivity (Wildman–Crippen MR) is 54.3 cm³/mol. The summed E-state index contributed by atoms with van der Waals surface area (Å²) in [6.07, 6.45) is 0.131. The van der Waals surface area contributed by atoms with Gasteiger partial charge in [0, 0.05) is 19.2 Å². The third-order valence-corrected chi connectivity index (χ3v) is 3.46. The minimum atomic E-state index is -1.10. The van der Waals surface area contributed by atoms with E-state index in [1.807, 2.05) is 0 Å². The average Bonchev–Trinajstić information content (AvgIpc) is 2.42. The van der Waals surface area contributed by atoms with Gasteiger partial charge < -0.3 is 10.8 Å². The fourth-order valence-electron chi connectivity index (χ4n) is 1.14. The van der Waals surface area contributed by atoms with Gasteiger partial charge in [0.25, 0.3) is 0 Å². The molecule has 2 atom stereocenters. The van der Waals surface area contributed by atoms with Gasteiger partial charge >= 0.3 is 5.97 Å². The summed E-state index contributed by atoms with van der Waals surface area (Å²) < 4.78 is 0. The molecule has 1 rings (SSSR count). The van der Waals surface area contributed by atoms with Gasteiger partial charge in [0.2, 0.25) is 11.8 Å². The zero-order valence-electron chi connectivity index (χ0n) is 8.17. The molecule has 2 amide bonds. The third kappa shape index (κ3) is 2.69. The second-order valence-electron chi connectivity index (χ2n) is 3.26. The molecule has 0 aromatic carbocycles. The first-order valence-electron chi connectivity index (χ1n) is 4.34. The first-order chi connectivity index (χ1) is 6.93. The van der Waals surface area contributed by atoms with Crippen LogP contribution in [0.3, 0.4) is 0 Å². The Hall–Kier alpha value is -1.08. The van der Waals surface area contributed by atoms with Crippen LogP contribution in [0, 0.1) is 0 Å². The summed E-state index contributed by atoms with van der Waals surface area (Å²) >= 11 is 1.12. The SMILES string of the molecule is CN1C(=O)C[C@@H](SC[C@H](N)C(=O)O)C1=O. The maximum Gasteiger partial charge on any atom is 0.321 e. The number of carboxylic acid groups (broad SMARTS) is 1. The number of likely N-dealkylation sites (tertiary alicyclic amines) is 1. The van der Waals surface area contributed by atoms with Crippen LogP contribution in [0.2, 0.25) is 0 Å². The molecular weight excluding hydrogens is 220 g/mol. The van der Waals surface area contributed by atoms with E-state index in [4.69, 9.17) is 10.8 Å². The van der Waals surface area contributed by atoms with Gasteiger partial charge in [0.05, 0.1) is 5.25 Å². The number of carboxylic acids is 1. The highest BCUT2D eigenvalue weighted by Crippen LogP contribution is 2.24. The molecule has 1 saturated heterocycles. The number of aliphatic carboxylic acids is 1. The standard InChI is InChI=1S/C8H12N2O4S/c1-10-6(11)2-5(7(10)12)15-3-4(9)8(13)14/h4-5H,2-3,9H2,1H3,(H,13,14)/t4-,5+/m0/s1. The zero-order valence-corrected chi connectivity index (χ0v) is 8.99. The lowest BCUT2D eigenvalue weighted by Crippen LogP contribution is -2.34. The van der Waals surface area contributed by atoms with Crippen LogP contribution in [0.4, 0.5) is 0 Å². The Labute approximate surface area is 90.8 Å². The van der Waals surface area contributed by atoms with Crippen LogP contribution in [0.5, 0.6) is 0 Å². The molecule has 0 spiro atoms. The van der Waals surface area contributed by atoms with Gasteiger partial charge in [-0.1, -0.05) is 0 Å². The summed E-state index contributed by atoms with van der Waals surface area (Å²) in [5.41, 5.74) is 5.28. The lowest BCUT2D eigenvalue weighted by atomic mass is 10.3. The van der Waals surface area contributed by atoms with Crippen LogP contribution in [-0.4, -0.2) is 51.9 Å². The van der Waals surface area contributed by atoms with Crippen LogP contribution in [-0.2, 0) is 14.4 Å². The van der Waals surface area contributed by atoms with Gasteiger partial charge in [-0.15, -0.1) is 11.8 Å². The first kappa shape index (κ1) is 12.0. The van der Waals surface area contributed by atoms with Crippen molar-refractivity contribution in [1.82, 2.24) is 4.90 Å². The topological polar surface area (TPSA) is 101 Å². The molecule has 0 saturated carbocycles. The number of carbonyl (C=O) groups is 3. The number of carbonyl (C=O) groups excluding carboxylic acids is 2. The Balaban J connectivity index is 2.44. The fraction of sp³-hybridized carbons (Fsp3) is 0.625. The van der Waals surface area contributed by atoms with Crippen molar-refractivity contribution in [3.8, 4) is 0 Å². The highest BCUT2D eigenvalue weighted by atomic mass is 32.2. The minimum absolute atomic E-state index is 0.131. The molecule has 0 radical (unpaired) electrons. The number of thioether (sulfide) groups is 1. The number of rotatable bonds is 4. The lowest BCUT2D eigenvalue weighted by molar-refractivity contribution is -0.138. The van der Waals surface area contributed by atoms with Gasteiger partial charge in [-0.2, -0.15) is 0 Å². The van der Waals surface area contributed by atoms with Crippen LogP contribution < -0.4 is 5.73 Å². The van der Waals surface area contributed by atoms with E-state index in [9.17, 15) is 14.4 Å². The van der Waals surface area contributed by atoms with E-state index in [1.54, 1.807) is 0 Å². The summed E-state index contributed by atoms with van der Waals surface area (Å²) in [5, 5.41) is 8.05. The molecule has 1 aliphatic heterocycles. The zero-order chi connectivity index (χ0) is 11.6. The molecule has 1 heterocycles. The summed E-state index contributed by atoms with van der Waals surface area (Å²) in [6.45, 7) is 0. The van der Waals surface area contributed by atoms with E-state index in [0.717, 1.165) is 16.7 Å². The minimum Gasteiger partial charge on any atom is -0.480 e. The number of nitrogens with zero attached hydrogens (tertiary/aromatic N) is 1. The van der Waals surface area contributed by atoms with Crippen LogP contribution in [0.1, 0.15) is 6.42 Å². The number of nitrogens with two attached hydrogens (primary N) is 1. The van der Waals surface area contributed by atoms with E-state index in [0.29, 0.717) is 0 Å². The third-order valence-electron chi connectivity index (χ3n) is 2.13. The second kappa shape index (κ2) is 4.63. The Kier molecular flexibility index (Phi) is 3.70. The van der Waals surface area contributed by atoms with Crippen molar-refractivity contribution in [2.45, 2.75) is 17.7 Å². The van der Waals surface area contributed by atoms with Gasteiger partial charge in [0.15, 0.2) is 0 Å². The van der Waals surface area contributed by atoms with E-state index < -0.39 is 17.3 Å². The normalized spacial score (nSPS) is 23.3. The molecular formula is C8H12N2O4S. The van der Waals surface area contributed by atoms with Crippen molar-refractivity contribution in [3.63, 3.8) is 0 Å². The highest BCUT2D eigenvalue weighted by molar-refractivity contribution is 8.00. The maximum atomic E-state index is 11.4. The van der Waals surface area contributed by atoms with Crippen LogP contribution in [0.25, 0.3) is 0 Å². The Morgan fingerprint density at radius 3 is 2.73 bits per heavy atom. The van der Waals surface area contributed by atoms with E-state index in [1.165, 1.54) is 7.05 Å². The van der Waals surface area contributed by atoms with Gasteiger partial charge in [-0.3, -0.25) is 19.3 Å². The number of hydrogen-bond donors (Lipinski definition) is 2. The van der Waals surface area contributed by atoms with Crippen molar-refractivity contribution >= 4 is 29.5 Å². The van der Waals surface area contributed by atoms with Crippen molar-refractivity contribution in [2.75, 3.05) is 12.8 Å². The van der Waals surface area contributed by atoms with Gasteiger partial charge in [0.1, 0.15) is 6.04 Å². The van der Waals surface area contributed by atoms with E-state index in [2.05, 4.69) is 0 Å². The smallest absolute Gasteiger partial charge is 0.321 e. The summed E-state index contributed by atoms with van der Waals surface area (Å²) in [4.78, 5) is 34.0. The molecule has 1 fully saturated rings. The summed E-state index contributed by atoms with van der Waals surface area (Å²) in [7, 11) is 1.42. The van der Waals surface area contributed by atoms with Gasteiger partial charge in [-0.05, 0) is 0 Å². The molecule has 15 heavy (non-hydrogen) atoms. The molecule has 0 bridgehead atoms. The molecule has 6 nitrogen and oxygen atoms in total. The summed E-state index contributed by atoms with van der Waals surface area (Å²) in [6, 6.07) is -0.996. The molecule has 0 aromatic rings. The molecule has 7 heteroatoms. The van der Waals surface area contributed by atoms with Crippen molar-refractivity contribution in [2.24, 2.45) is 5.73 Å². The molecule has 0 aliphatic carbocycles. The Bertz CT molecular complexity index is 307. The quantitative estimate of drug-likeness (QED) is 0.596. The fourth-order valence-corrected chi connectivity index (χ4v) is 2.29. The van der Waals surface area contributed by atoms with Crippen LogP contribution in [0.15, 0.2) is 0 Å². The van der Waals surface area contributed by atoms with E-state index >= 15 is 0 Å². The Morgan fingerprint density at radius 1 is 1.73 bits per heavy atom. The monoisotopic (exact) mass is 232 g/mol. The second-order valence-corrected chi connectivity index (χ2v) is 4.50. The summed E-state index contributed by atoms with van der Waals surface area (Å²) in [5.74, 6) is -1.48. The molecule has 0 aromatic heterocycles. The number of imide groups is 1.